The van der Waals surface area contributed by atoms with Crippen LogP contribution in [0, 0.1) is 0 Å². The maximum absolute atomic E-state index is 13.5. The van der Waals surface area contributed by atoms with E-state index < -0.39 is 0 Å². The molecule has 0 bridgehead atoms. The lowest BCUT2D eigenvalue weighted by molar-refractivity contribution is 0.0729. The van der Waals surface area contributed by atoms with E-state index in [1.807, 2.05) is 11.8 Å². The van der Waals surface area contributed by atoms with Gasteiger partial charge in [-0.2, -0.15) is 0 Å². The summed E-state index contributed by atoms with van der Waals surface area (Å²) in [6.07, 6.45) is 5.81. The van der Waals surface area contributed by atoms with Gasteiger partial charge in [-0.1, -0.05) is 40.0 Å². The molecule has 1 heterocycles. The van der Waals surface area contributed by atoms with Crippen LogP contribution in [-0.2, 0) is 0 Å². The number of carbonyl (C=O) groups is 1. The molecular weight excluding hydrogens is 408 g/mol. The summed E-state index contributed by atoms with van der Waals surface area (Å²) in [5.41, 5.74) is 0.481. The highest BCUT2D eigenvalue weighted by Gasteiger charge is 2.29. The summed E-state index contributed by atoms with van der Waals surface area (Å²) in [7, 11) is 0. The molecule has 1 N–H and O–H groups in total. The van der Waals surface area contributed by atoms with E-state index in [0.717, 1.165) is 51.6 Å². The van der Waals surface area contributed by atoms with Crippen molar-refractivity contribution in [1.29, 1.82) is 0 Å². The number of amides is 1. The van der Waals surface area contributed by atoms with Crippen molar-refractivity contribution in [2.45, 2.75) is 66.2 Å². The van der Waals surface area contributed by atoms with Gasteiger partial charge in [-0.25, -0.2) is 0 Å². The van der Waals surface area contributed by atoms with Gasteiger partial charge < -0.3 is 29.2 Å². The molecule has 7 heteroatoms. The normalized spacial score (nSPS) is 13.7. The van der Waals surface area contributed by atoms with Crippen LogP contribution < -0.4 is 24.3 Å². The minimum Gasteiger partial charge on any atom is -0.490 e. The van der Waals surface area contributed by atoms with Crippen LogP contribution in [-0.4, -0.2) is 63.4 Å². The molecule has 1 aliphatic rings. The fraction of sp³-hybridized carbons (Fsp3) is 0.720. The first-order chi connectivity index (χ1) is 15.7. The second-order valence-corrected chi connectivity index (χ2v) is 7.99. The predicted octanol–water partition coefficient (Wildman–Crippen LogP) is 4.67. The van der Waals surface area contributed by atoms with E-state index in [1.54, 1.807) is 6.07 Å². The molecule has 0 aliphatic carbocycles. The Morgan fingerprint density at radius 1 is 0.812 bits per heavy atom. The molecule has 32 heavy (non-hydrogen) atoms. The van der Waals surface area contributed by atoms with Gasteiger partial charge in [0.05, 0.1) is 32.0 Å². The van der Waals surface area contributed by atoms with Crippen LogP contribution in [0.2, 0.25) is 0 Å². The van der Waals surface area contributed by atoms with Gasteiger partial charge in [-0.3, -0.25) is 4.79 Å². The number of piperazine rings is 1. The van der Waals surface area contributed by atoms with Crippen molar-refractivity contribution >= 4 is 5.91 Å². The third kappa shape index (κ3) is 7.47. The molecule has 0 saturated carbocycles. The first-order valence-corrected chi connectivity index (χ1v) is 12.4. The molecule has 7 nitrogen and oxygen atoms in total. The number of hydrogen-bond donors (Lipinski definition) is 1. The second kappa shape index (κ2) is 14.8. The maximum Gasteiger partial charge on any atom is 0.258 e. The molecule has 1 amide bonds. The summed E-state index contributed by atoms with van der Waals surface area (Å²) in [6.45, 7) is 13.3. The van der Waals surface area contributed by atoms with Gasteiger partial charge in [0.15, 0.2) is 11.5 Å². The molecule has 1 aliphatic heterocycles. The Bertz CT molecular complexity index is 689. The fourth-order valence-electron chi connectivity index (χ4n) is 3.42. The lowest BCUT2D eigenvalue weighted by atomic mass is 10.1. The number of hydrogen-bond acceptors (Lipinski definition) is 6. The van der Waals surface area contributed by atoms with E-state index in [4.69, 9.17) is 18.9 Å². The molecule has 1 aromatic rings. The SMILES string of the molecule is CCCCOc1cc(C(=O)N2CCNCC2)c(OCC)c(OCCCC)c1OCCCC. The zero-order valence-electron chi connectivity index (χ0n) is 20.5. The molecule has 1 fully saturated rings. The quantitative estimate of drug-likeness (QED) is 0.392. The number of unbranched alkanes of at least 4 members (excludes halogenated alkanes) is 3. The van der Waals surface area contributed by atoms with Crippen LogP contribution in [0.15, 0.2) is 6.07 Å². The first-order valence-electron chi connectivity index (χ1n) is 12.4. The number of ether oxygens (including phenoxy) is 4. The third-order valence-electron chi connectivity index (χ3n) is 5.32. The number of nitrogens with zero attached hydrogens (tertiary/aromatic N) is 1. The molecule has 182 valence electrons. The number of rotatable bonds is 15. The third-order valence-corrected chi connectivity index (χ3v) is 5.32. The Morgan fingerprint density at radius 3 is 1.94 bits per heavy atom. The standard InChI is InChI=1S/C25H42N2O5/c1-5-9-16-30-21-19-20(25(28)27-14-12-26-13-15-27)22(29-8-4)24(32-18-11-7-3)23(21)31-17-10-6-2/h19,26H,5-18H2,1-4H3. The van der Waals surface area contributed by atoms with Gasteiger partial charge in [0.2, 0.25) is 11.5 Å². The zero-order valence-corrected chi connectivity index (χ0v) is 20.5. The molecule has 2 rings (SSSR count). The van der Waals surface area contributed by atoms with Gasteiger partial charge in [-0.15, -0.1) is 0 Å². The van der Waals surface area contributed by atoms with Crippen molar-refractivity contribution in [3.8, 4) is 23.0 Å². The molecule has 0 unspecified atom stereocenters. The molecule has 0 spiro atoms. The van der Waals surface area contributed by atoms with Crippen molar-refractivity contribution in [3.63, 3.8) is 0 Å². The van der Waals surface area contributed by atoms with E-state index in [-0.39, 0.29) is 5.91 Å². The van der Waals surface area contributed by atoms with Crippen molar-refractivity contribution in [2.24, 2.45) is 0 Å². The Kier molecular flexibility index (Phi) is 12.1. The van der Waals surface area contributed by atoms with E-state index in [1.165, 1.54) is 0 Å². The Balaban J connectivity index is 2.53. The smallest absolute Gasteiger partial charge is 0.258 e. The van der Waals surface area contributed by atoms with E-state index >= 15 is 0 Å². The molecule has 0 radical (unpaired) electrons. The van der Waals surface area contributed by atoms with Crippen molar-refractivity contribution < 1.29 is 23.7 Å². The maximum atomic E-state index is 13.5. The van der Waals surface area contributed by atoms with E-state index in [0.29, 0.717) is 68.1 Å². The minimum atomic E-state index is -0.0595. The summed E-state index contributed by atoms with van der Waals surface area (Å²) in [4.78, 5) is 15.4. The topological polar surface area (TPSA) is 69.3 Å². The highest BCUT2D eigenvalue weighted by Crippen LogP contribution is 2.48. The van der Waals surface area contributed by atoms with Gasteiger partial charge in [0.25, 0.3) is 5.91 Å². The van der Waals surface area contributed by atoms with Crippen LogP contribution >= 0.6 is 0 Å². The lowest BCUT2D eigenvalue weighted by Gasteiger charge is -2.29. The van der Waals surface area contributed by atoms with Crippen LogP contribution in [0.25, 0.3) is 0 Å². The molecule has 0 atom stereocenters. The van der Waals surface area contributed by atoms with Crippen molar-refractivity contribution in [3.05, 3.63) is 11.6 Å². The average molecular weight is 451 g/mol. The Hall–Kier alpha value is -2.15. The predicted molar refractivity (Wildman–Crippen MR) is 128 cm³/mol. The van der Waals surface area contributed by atoms with Crippen LogP contribution in [0.4, 0.5) is 0 Å². The Labute approximate surface area is 193 Å². The van der Waals surface area contributed by atoms with Gasteiger partial charge in [-0.05, 0) is 26.2 Å². The molecule has 1 aromatic carbocycles. The lowest BCUT2D eigenvalue weighted by Crippen LogP contribution is -2.46. The van der Waals surface area contributed by atoms with Crippen LogP contribution in [0.1, 0.15) is 76.6 Å². The summed E-state index contributed by atoms with van der Waals surface area (Å²) >= 11 is 0. The van der Waals surface area contributed by atoms with Crippen LogP contribution in [0.5, 0.6) is 23.0 Å². The Morgan fingerprint density at radius 2 is 1.38 bits per heavy atom. The number of nitrogens with one attached hydrogen (secondary N) is 1. The fourth-order valence-corrected chi connectivity index (χ4v) is 3.42. The largest absolute Gasteiger partial charge is 0.490 e. The average Bonchev–Trinajstić information content (AvgIpc) is 2.82. The summed E-state index contributed by atoms with van der Waals surface area (Å²) in [6, 6.07) is 1.79. The molecule has 0 aromatic heterocycles. The van der Waals surface area contributed by atoms with Gasteiger partial charge in [0, 0.05) is 32.2 Å². The van der Waals surface area contributed by atoms with E-state index in [9.17, 15) is 4.79 Å². The van der Waals surface area contributed by atoms with Gasteiger partial charge in [0.1, 0.15) is 0 Å². The second-order valence-electron chi connectivity index (χ2n) is 7.99. The van der Waals surface area contributed by atoms with Crippen molar-refractivity contribution in [2.75, 3.05) is 52.6 Å². The van der Waals surface area contributed by atoms with Crippen molar-refractivity contribution in [1.82, 2.24) is 10.2 Å². The summed E-state index contributed by atoms with van der Waals surface area (Å²) < 4.78 is 24.5. The number of carbonyl (C=O) groups excluding carboxylic acids is 1. The summed E-state index contributed by atoms with van der Waals surface area (Å²) in [5, 5.41) is 3.30. The highest BCUT2D eigenvalue weighted by molar-refractivity contribution is 5.99. The minimum absolute atomic E-state index is 0.0595. The first kappa shape index (κ1) is 26.1. The zero-order chi connectivity index (χ0) is 23.2. The molecular formula is C25H42N2O5. The van der Waals surface area contributed by atoms with Gasteiger partial charge >= 0.3 is 0 Å². The van der Waals surface area contributed by atoms with Crippen LogP contribution in [0.3, 0.4) is 0 Å². The monoisotopic (exact) mass is 450 g/mol. The number of benzene rings is 1. The molecule has 1 saturated heterocycles. The van der Waals surface area contributed by atoms with E-state index in [2.05, 4.69) is 26.1 Å². The summed E-state index contributed by atoms with van der Waals surface area (Å²) in [5.74, 6) is 2.00. The highest BCUT2D eigenvalue weighted by atomic mass is 16.6.